The van der Waals surface area contributed by atoms with Gasteiger partial charge in [0, 0.05) is 0 Å². The van der Waals surface area contributed by atoms with Crippen molar-refractivity contribution in [2.75, 3.05) is 0 Å². The molecule has 1 aromatic carbocycles. The Hall–Kier alpha value is -1.56. The number of hydrogen-bond donors (Lipinski definition) is 0. The Morgan fingerprint density at radius 1 is 1.08 bits per heavy atom. The van der Waals surface area contributed by atoms with Gasteiger partial charge in [-0.2, -0.15) is 0 Å². The van der Waals surface area contributed by atoms with Crippen molar-refractivity contribution in [1.29, 1.82) is 0 Å². The molecule has 0 radical (unpaired) electrons. The first kappa shape index (κ1) is 19.8. The van der Waals surface area contributed by atoms with Crippen molar-refractivity contribution in [3.63, 3.8) is 0 Å². The highest BCUT2D eigenvalue weighted by Gasteiger charge is 2.33. The fraction of sp³-hybridized carbons (Fsp3) is 0.520. The summed E-state index contributed by atoms with van der Waals surface area (Å²) in [5.74, 6) is 0. The Balaban J connectivity index is 1.77. The maximum Gasteiger partial charge on any atom is -0.000591 e. The predicted octanol–water partition coefficient (Wildman–Crippen LogP) is 8.04. The first-order valence-corrected chi connectivity index (χ1v) is 10.2. The van der Waals surface area contributed by atoms with Crippen LogP contribution in [0.4, 0.5) is 0 Å². The molecular weight excluding hydrogens is 300 g/mol. The summed E-state index contributed by atoms with van der Waals surface area (Å²) in [6, 6.07) is 8.79. The zero-order chi connectivity index (χ0) is 18.1. The summed E-state index contributed by atoms with van der Waals surface area (Å²) in [5.41, 5.74) is 5.50. The van der Waals surface area contributed by atoms with Crippen LogP contribution in [0.2, 0.25) is 0 Å². The van der Waals surface area contributed by atoms with Crippen LogP contribution in [0.15, 0.2) is 54.6 Å². The molecule has 0 saturated carbocycles. The Morgan fingerprint density at radius 2 is 1.84 bits per heavy atom. The second-order valence-electron chi connectivity index (χ2n) is 7.96. The van der Waals surface area contributed by atoms with Crippen molar-refractivity contribution in [1.82, 2.24) is 0 Å². The van der Waals surface area contributed by atoms with Gasteiger partial charge < -0.3 is 0 Å². The zero-order valence-electron chi connectivity index (χ0n) is 16.6. The summed E-state index contributed by atoms with van der Waals surface area (Å²) < 4.78 is 0. The third-order valence-corrected chi connectivity index (χ3v) is 5.60. The number of benzene rings is 1. The van der Waals surface area contributed by atoms with Crippen molar-refractivity contribution in [2.24, 2.45) is 5.41 Å². The molecule has 0 N–H and O–H groups in total. The van der Waals surface area contributed by atoms with Crippen molar-refractivity contribution >= 4 is 5.57 Å². The predicted molar refractivity (Wildman–Crippen MR) is 113 cm³/mol. The van der Waals surface area contributed by atoms with Crippen molar-refractivity contribution in [3.05, 3.63) is 65.8 Å². The largest absolute Gasteiger partial charge is 0.0946 e. The number of allylic oxidation sites excluding steroid dienone is 5. The lowest BCUT2D eigenvalue weighted by molar-refractivity contribution is 0.437. The fourth-order valence-electron chi connectivity index (χ4n) is 3.71. The molecule has 1 aliphatic carbocycles. The number of aryl methyl sites for hydroxylation is 1. The van der Waals surface area contributed by atoms with Crippen LogP contribution >= 0.6 is 0 Å². The monoisotopic (exact) mass is 336 g/mol. The quantitative estimate of drug-likeness (QED) is 0.299. The highest BCUT2D eigenvalue weighted by Crippen LogP contribution is 2.48. The Bertz CT molecular complexity index is 617. The lowest BCUT2D eigenvalue weighted by Crippen LogP contribution is -2.13. The summed E-state index contributed by atoms with van der Waals surface area (Å²) in [4.78, 5) is 0. The molecular formula is C25H36. The molecule has 0 spiro atoms. The minimum atomic E-state index is 0.191. The summed E-state index contributed by atoms with van der Waals surface area (Å²) >= 11 is 0. The molecule has 0 aromatic heterocycles. The Labute approximate surface area is 155 Å². The van der Waals surface area contributed by atoms with E-state index in [2.05, 4.69) is 69.8 Å². The van der Waals surface area contributed by atoms with E-state index in [9.17, 15) is 0 Å². The van der Waals surface area contributed by atoms with Crippen molar-refractivity contribution in [3.8, 4) is 0 Å². The lowest BCUT2D eigenvalue weighted by atomic mass is 9.78. The number of rotatable bonds is 10. The summed E-state index contributed by atoms with van der Waals surface area (Å²) in [6.07, 6.45) is 18.9. The first-order chi connectivity index (χ1) is 12.1. The first-order valence-electron chi connectivity index (χ1n) is 10.2. The lowest BCUT2D eigenvalue weighted by Gasteiger charge is -2.25. The summed E-state index contributed by atoms with van der Waals surface area (Å²) in [6.45, 7) is 11.3. The molecule has 2 rings (SSSR count). The van der Waals surface area contributed by atoms with Crippen molar-refractivity contribution in [2.45, 2.75) is 78.6 Å². The van der Waals surface area contributed by atoms with E-state index in [1.807, 2.05) is 0 Å². The van der Waals surface area contributed by atoms with E-state index in [0.29, 0.717) is 0 Å². The third-order valence-electron chi connectivity index (χ3n) is 5.60. The molecule has 0 bridgehead atoms. The fourth-order valence-corrected chi connectivity index (χ4v) is 3.71. The molecule has 0 heterocycles. The van der Waals surface area contributed by atoms with Crippen LogP contribution in [0, 0.1) is 12.3 Å². The van der Waals surface area contributed by atoms with Crippen LogP contribution in [-0.4, -0.2) is 0 Å². The third kappa shape index (κ3) is 5.73. The smallest absolute Gasteiger partial charge is 0.000591 e. The Morgan fingerprint density at radius 3 is 2.60 bits per heavy atom. The van der Waals surface area contributed by atoms with Gasteiger partial charge in [0.2, 0.25) is 0 Å². The zero-order valence-corrected chi connectivity index (χ0v) is 16.6. The molecule has 0 fully saturated rings. The summed E-state index contributed by atoms with van der Waals surface area (Å²) in [7, 11) is 0. The van der Waals surface area contributed by atoms with Crippen LogP contribution in [0.1, 0.15) is 82.8 Å². The number of hydrogen-bond acceptors (Lipinski definition) is 0. The molecule has 25 heavy (non-hydrogen) atoms. The maximum absolute atomic E-state index is 4.45. The van der Waals surface area contributed by atoms with Gasteiger partial charge in [-0.25, -0.2) is 0 Å². The van der Waals surface area contributed by atoms with E-state index in [0.717, 1.165) is 12.8 Å². The summed E-state index contributed by atoms with van der Waals surface area (Å²) in [5, 5.41) is 0. The van der Waals surface area contributed by atoms with Gasteiger partial charge in [-0.05, 0) is 54.7 Å². The second kappa shape index (κ2) is 9.80. The van der Waals surface area contributed by atoms with Gasteiger partial charge in [0.05, 0.1) is 0 Å². The normalized spacial score (nSPS) is 20.4. The van der Waals surface area contributed by atoms with Crippen LogP contribution in [-0.2, 0) is 0 Å². The van der Waals surface area contributed by atoms with E-state index < -0.39 is 0 Å². The topological polar surface area (TPSA) is 0 Å². The molecule has 1 aliphatic rings. The number of unbranched alkanes of at least 4 members (excludes halogenated alkanes) is 6. The van der Waals surface area contributed by atoms with Gasteiger partial charge in [-0.3, -0.25) is 0 Å². The van der Waals surface area contributed by atoms with E-state index in [1.54, 1.807) is 0 Å². The molecule has 0 nitrogen and oxygen atoms in total. The van der Waals surface area contributed by atoms with Gasteiger partial charge in [0.1, 0.15) is 0 Å². The van der Waals surface area contributed by atoms with Crippen LogP contribution in [0.25, 0.3) is 5.57 Å². The molecule has 136 valence electrons. The van der Waals surface area contributed by atoms with Gasteiger partial charge in [0.15, 0.2) is 0 Å². The van der Waals surface area contributed by atoms with Crippen LogP contribution < -0.4 is 0 Å². The van der Waals surface area contributed by atoms with Gasteiger partial charge in [-0.15, -0.1) is 0 Å². The molecule has 1 unspecified atom stereocenters. The second-order valence-corrected chi connectivity index (χ2v) is 7.96. The van der Waals surface area contributed by atoms with Gasteiger partial charge in [0.25, 0.3) is 0 Å². The van der Waals surface area contributed by atoms with Gasteiger partial charge in [-0.1, -0.05) is 101 Å². The maximum atomic E-state index is 4.45. The molecule has 1 atom stereocenters. The SMILES string of the molecule is C=C1C(c2cccc(C)c2)=CCC1(C)C/C=C\CCCCCCCC. The average Bonchev–Trinajstić information content (AvgIpc) is 2.89. The van der Waals surface area contributed by atoms with Crippen molar-refractivity contribution < 1.29 is 0 Å². The molecule has 0 amide bonds. The highest BCUT2D eigenvalue weighted by atomic mass is 14.4. The minimum absolute atomic E-state index is 0.191. The highest BCUT2D eigenvalue weighted by molar-refractivity contribution is 5.82. The minimum Gasteiger partial charge on any atom is -0.0946 e. The van der Waals surface area contributed by atoms with Crippen LogP contribution in [0.3, 0.4) is 0 Å². The Kier molecular flexibility index (Phi) is 7.75. The van der Waals surface area contributed by atoms with E-state index in [4.69, 9.17) is 0 Å². The van der Waals surface area contributed by atoms with Crippen LogP contribution in [0.5, 0.6) is 0 Å². The van der Waals surface area contributed by atoms with E-state index in [-0.39, 0.29) is 5.41 Å². The molecule has 1 aromatic rings. The van der Waals surface area contributed by atoms with E-state index >= 15 is 0 Å². The molecule has 0 aliphatic heterocycles. The average molecular weight is 337 g/mol. The van der Waals surface area contributed by atoms with Gasteiger partial charge >= 0.3 is 0 Å². The molecule has 0 saturated heterocycles. The molecule has 0 heteroatoms. The van der Waals surface area contributed by atoms with E-state index in [1.165, 1.54) is 67.2 Å². The standard InChI is InChI=1S/C25H36/c1-5-6-7-8-9-10-11-12-13-18-25(4)19-17-24(22(25)3)23-16-14-15-21(2)20-23/h12-17,20H,3,5-11,18-19H2,1-2,4H3/b13-12-.